The Labute approximate surface area is 71.1 Å². The van der Waals surface area contributed by atoms with Crippen molar-refractivity contribution in [3.05, 3.63) is 18.0 Å². The number of amides is 1. The lowest BCUT2D eigenvalue weighted by Crippen LogP contribution is -2.32. The zero-order valence-electron chi connectivity index (χ0n) is 7.44. The third-order valence-corrected chi connectivity index (χ3v) is 1.77. The first kappa shape index (κ1) is 8.77. The summed E-state index contributed by atoms with van der Waals surface area (Å²) in [5.74, 6) is -0.0637. The highest BCUT2D eigenvalue weighted by molar-refractivity contribution is 5.93. The first-order valence-electron chi connectivity index (χ1n) is 3.79. The topological polar surface area (TPSA) is 46.3 Å². The van der Waals surface area contributed by atoms with Gasteiger partial charge in [-0.15, -0.1) is 0 Å². The van der Waals surface area contributed by atoms with E-state index in [9.17, 15) is 4.79 Å². The van der Waals surface area contributed by atoms with Gasteiger partial charge < -0.3 is 9.42 Å². The van der Waals surface area contributed by atoms with Crippen molar-refractivity contribution in [1.82, 2.24) is 10.1 Å². The van der Waals surface area contributed by atoms with Crippen LogP contribution in [-0.4, -0.2) is 29.1 Å². The summed E-state index contributed by atoms with van der Waals surface area (Å²) in [5.41, 5.74) is 0.492. The van der Waals surface area contributed by atoms with Gasteiger partial charge in [0.1, 0.15) is 6.26 Å². The van der Waals surface area contributed by atoms with Crippen LogP contribution in [0.4, 0.5) is 0 Å². The molecular weight excluding hydrogens is 156 g/mol. The number of hydrogen-bond acceptors (Lipinski definition) is 3. The molecule has 0 aliphatic carbocycles. The summed E-state index contributed by atoms with van der Waals surface area (Å²) in [5, 5.41) is 3.46. The highest BCUT2D eigenvalue weighted by atomic mass is 16.5. The zero-order valence-corrected chi connectivity index (χ0v) is 7.44. The van der Waals surface area contributed by atoms with Crippen molar-refractivity contribution >= 4 is 5.91 Å². The highest BCUT2D eigenvalue weighted by Crippen LogP contribution is 2.04. The Bertz CT molecular complexity index is 254. The molecule has 0 N–H and O–H groups in total. The van der Waals surface area contributed by atoms with Crippen molar-refractivity contribution in [2.75, 3.05) is 7.05 Å². The summed E-state index contributed by atoms with van der Waals surface area (Å²) in [6.07, 6.45) is 2.77. The van der Waals surface area contributed by atoms with Gasteiger partial charge in [0, 0.05) is 13.1 Å². The Morgan fingerprint density at radius 1 is 1.67 bits per heavy atom. The molecule has 0 saturated carbocycles. The first-order valence-corrected chi connectivity index (χ1v) is 3.79. The van der Waals surface area contributed by atoms with Crippen molar-refractivity contribution in [3.63, 3.8) is 0 Å². The molecule has 12 heavy (non-hydrogen) atoms. The molecule has 0 bridgehead atoms. The van der Waals surface area contributed by atoms with Crippen LogP contribution < -0.4 is 0 Å². The number of rotatable bonds is 2. The minimum absolute atomic E-state index is 0.0637. The van der Waals surface area contributed by atoms with Crippen LogP contribution in [0.5, 0.6) is 0 Å². The molecule has 0 fully saturated rings. The largest absolute Gasteiger partial charge is 0.364 e. The molecule has 0 aliphatic rings. The van der Waals surface area contributed by atoms with E-state index in [-0.39, 0.29) is 11.9 Å². The van der Waals surface area contributed by atoms with Crippen LogP contribution in [0.3, 0.4) is 0 Å². The maximum Gasteiger partial charge on any atom is 0.258 e. The fraction of sp³-hybridized carbons (Fsp3) is 0.500. The number of aromatic nitrogens is 1. The third-order valence-electron chi connectivity index (χ3n) is 1.77. The van der Waals surface area contributed by atoms with Crippen molar-refractivity contribution in [2.24, 2.45) is 0 Å². The second-order valence-corrected chi connectivity index (χ2v) is 2.92. The van der Waals surface area contributed by atoms with Gasteiger partial charge in [-0.25, -0.2) is 0 Å². The van der Waals surface area contributed by atoms with Crippen LogP contribution in [0.15, 0.2) is 17.0 Å². The second-order valence-electron chi connectivity index (χ2n) is 2.92. The van der Waals surface area contributed by atoms with Crippen LogP contribution in [0.25, 0.3) is 0 Å². The lowest BCUT2D eigenvalue weighted by molar-refractivity contribution is 0.0754. The Morgan fingerprint density at radius 3 is 2.75 bits per heavy atom. The molecule has 0 spiro atoms. The van der Waals surface area contributed by atoms with E-state index < -0.39 is 0 Å². The van der Waals surface area contributed by atoms with Gasteiger partial charge in [-0.05, 0) is 13.8 Å². The fourth-order valence-corrected chi connectivity index (χ4v) is 0.749. The van der Waals surface area contributed by atoms with E-state index in [2.05, 4.69) is 9.68 Å². The second kappa shape index (κ2) is 3.38. The summed E-state index contributed by atoms with van der Waals surface area (Å²) in [7, 11) is 1.75. The third kappa shape index (κ3) is 1.64. The van der Waals surface area contributed by atoms with Gasteiger partial charge in [-0.2, -0.15) is 0 Å². The Balaban J connectivity index is 2.72. The normalized spacial score (nSPS) is 10.3. The zero-order chi connectivity index (χ0) is 9.14. The van der Waals surface area contributed by atoms with Crippen LogP contribution in [0.2, 0.25) is 0 Å². The van der Waals surface area contributed by atoms with Crippen LogP contribution >= 0.6 is 0 Å². The van der Waals surface area contributed by atoms with E-state index in [1.807, 2.05) is 13.8 Å². The van der Waals surface area contributed by atoms with Gasteiger partial charge in [-0.1, -0.05) is 5.16 Å². The number of nitrogens with zero attached hydrogens (tertiary/aromatic N) is 2. The molecule has 0 atom stereocenters. The monoisotopic (exact) mass is 168 g/mol. The average molecular weight is 168 g/mol. The van der Waals surface area contributed by atoms with Crippen molar-refractivity contribution in [2.45, 2.75) is 19.9 Å². The lowest BCUT2D eigenvalue weighted by Gasteiger charge is -2.19. The smallest absolute Gasteiger partial charge is 0.258 e. The quantitative estimate of drug-likeness (QED) is 0.665. The molecule has 4 heteroatoms. The van der Waals surface area contributed by atoms with E-state index in [4.69, 9.17) is 0 Å². The van der Waals surface area contributed by atoms with Gasteiger partial charge in [0.25, 0.3) is 5.91 Å². The molecule has 0 aromatic carbocycles. The first-order chi connectivity index (χ1) is 5.63. The van der Waals surface area contributed by atoms with Crippen LogP contribution in [0, 0.1) is 0 Å². The fourth-order valence-electron chi connectivity index (χ4n) is 0.749. The Hall–Kier alpha value is -1.32. The molecular formula is C8H12N2O2. The summed E-state index contributed by atoms with van der Waals surface area (Å²) in [6.45, 7) is 3.90. The Morgan fingerprint density at radius 2 is 2.33 bits per heavy atom. The van der Waals surface area contributed by atoms with E-state index in [1.165, 1.54) is 12.5 Å². The van der Waals surface area contributed by atoms with E-state index in [0.717, 1.165) is 0 Å². The van der Waals surface area contributed by atoms with Gasteiger partial charge >= 0.3 is 0 Å². The molecule has 66 valence electrons. The molecule has 1 aromatic rings. The van der Waals surface area contributed by atoms with Gasteiger partial charge in [0.2, 0.25) is 0 Å². The molecule has 1 heterocycles. The molecule has 0 aliphatic heterocycles. The molecule has 1 aromatic heterocycles. The SMILES string of the molecule is CC(C)N(C)C(=O)c1cnoc1. The van der Waals surface area contributed by atoms with Crippen molar-refractivity contribution in [1.29, 1.82) is 0 Å². The highest BCUT2D eigenvalue weighted by Gasteiger charge is 2.15. The van der Waals surface area contributed by atoms with Crippen LogP contribution in [0.1, 0.15) is 24.2 Å². The lowest BCUT2D eigenvalue weighted by atomic mass is 10.2. The van der Waals surface area contributed by atoms with Gasteiger partial charge in [-0.3, -0.25) is 4.79 Å². The number of carbonyl (C=O) groups is 1. The summed E-state index contributed by atoms with van der Waals surface area (Å²) >= 11 is 0. The Kier molecular flexibility index (Phi) is 2.47. The number of hydrogen-bond donors (Lipinski definition) is 0. The summed E-state index contributed by atoms with van der Waals surface area (Å²) in [4.78, 5) is 13.1. The standard InChI is InChI=1S/C8H12N2O2/c1-6(2)10(3)8(11)7-4-9-12-5-7/h4-6H,1-3H3. The molecule has 1 amide bonds. The molecule has 1 rings (SSSR count). The minimum atomic E-state index is -0.0637. The molecule has 4 nitrogen and oxygen atoms in total. The minimum Gasteiger partial charge on any atom is -0.364 e. The van der Waals surface area contributed by atoms with Crippen molar-refractivity contribution in [3.8, 4) is 0 Å². The average Bonchev–Trinajstić information content (AvgIpc) is 2.53. The maximum absolute atomic E-state index is 11.5. The van der Waals surface area contributed by atoms with Crippen LogP contribution in [-0.2, 0) is 0 Å². The maximum atomic E-state index is 11.5. The van der Waals surface area contributed by atoms with Gasteiger partial charge in [0.15, 0.2) is 0 Å². The predicted molar refractivity (Wildman–Crippen MR) is 43.7 cm³/mol. The molecule has 0 unspecified atom stereocenters. The van der Waals surface area contributed by atoms with E-state index >= 15 is 0 Å². The molecule has 0 radical (unpaired) electrons. The summed E-state index contributed by atoms with van der Waals surface area (Å²) in [6, 6.07) is 0.187. The number of carbonyl (C=O) groups excluding carboxylic acids is 1. The molecule has 0 saturated heterocycles. The van der Waals surface area contributed by atoms with Gasteiger partial charge in [0.05, 0.1) is 11.8 Å². The predicted octanol–water partition coefficient (Wildman–Crippen LogP) is 1.16. The summed E-state index contributed by atoms with van der Waals surface area (Å²) < 4.78 is 4.57. The van der Waals surface area contributed by atoms with E-state index in [1.54, 1.807) is 11.9 Å². The van der Waals surface area contributed by atoms with E-state index in [0.29, 0.717) is 5.56 Å². The van der Waals surface area contributed by atoms with Crippen molar-refractivity contribution < 1.29 is 9.32 Å².